The third-order valence-electron chi connectivity index (χ3n) is 4.08. The van der Waals surface area contributed by atoms with Crippen molar-refractivity contribution in [2.24, 2.45) is 0 Å². The average molecular weight is 457 g/mol. The molecule has 0 saturated carbocycles. The predicted molar refractivity (Wildman–Crippen MR) is 113 cm³/mol. The van der Waals surface area contributed by atoms with E-state index in [1.54, 1.807) is 25.1 Å². The molecule has 2 aromatic rings. The molecule has 0 aliphatic carbocycles. The number of benzene rings is 2. The van der Waals surface area contributed by atoms with Crippen LogP contribution >= 0.6 is 0 Å². The zero-order valence-electron chi connectivity index (χ0n) is 16.8. The Balaban J connectivity index is 2.14. The van der Waals surface area contributed by atoms with Crippen molar-refractivity contribution in [1.29, 1.82) is 0 Å². The van der Waals surface area contributed by atoms with Crippen LogP contribution in [0.3, 0.4) is 0 Å². The average Bonchev–Trinajstić information content (AvgIpc) is 2.68. The molecule has 1 amide bonds. The van der Waals surface area contributed by atoms with Crippen LogP contribution in [-0.2, 0) is 34.1 Å². The molecule has 0 heterocycles. The van der Waals surface area contributed by atoms with Crippen LogP contribution in [0.2, 0.25) is 0 Å². The number of sulfonamides is 1. The van der Waals surface area contributed by atoms with Crippen molar-refractivity contribution >= 4 is 37.1 Å². The number of carbonyl (C=O) groups excluding carboxylic acids is 1. The minimum Gasteiger partial charge on any atom is -0.382 e. The molecule has 0 bridgehead atoms. The molecule has 0 radical (unpaired) electrons. The largest absolute Gasteiger partial charge is 0.382 e. The number of methoxy groups -OCH3 is 1. The zero-order valence-corrected chi connectivity index (χ0v) is 18.5. The van der Waals surface area contributed by atoms with Crippen molar-refractivity contribution in [3.05, 3.63) is 48.0 Å². The number of rotatable bonds is 10. The molecule has 0 fully saturated rings. The molecule has 0 saturated heterocycles. The molecule has 2 rings (SSSR count). The van der Waals surface area contributed by atoms with Crippen LogP contribution in [0.1, 0.15) is 5.56 Å². The van der Waals surface area contributed by atoms with E-state index in [2.05, 4.69) is 10.0 Å². The van der Waals surface area contributed by atoms with Gasteiger partial charge in [-0.2, -0.15) is 0 Å². The summed E-state index contributed by atoms with van der Waals surface area (Å²) >= 11 is 0. The van der Waals surface area contributed by atoms with E-state index in [9.17, 15) is 21.6 Å². The smallest absolute Gasteiger partial charge is 0.261 e. The predicted octanol–water partition coefficient (Wildman–Crippen LogP) is 1.80. The van der Waals surface area contributed by atoms with Crippen LogP contribution in [-0.4, -0.2) is 55.9 Å². The Morgan fingerprint density at radius 1 is 0.933 bits per heavy atom. The first-order chi connectivity index (χ1) is 14.0. The Labute approximate surface area is 176 Å². The number of carbonyl (C=O) groups is 1. The molecule has 0 unspecified atom stereocenters. The highest BCUT2D eigenvalue weighted by atomic mass is 32.2. The van der Waals surface area contributed by atoms with E-state index in [4.69, 9.17) is 9.47 Å². The van der Waals surface area contributed by atoms with Gasteiger partial charge in [-0.15, -0.1) is 0 Å². The molecule has 0 spiro atoms. The first kappa shape index (κ1) is 23.8. The van der Waals surface area contributed by atoms with E-state index in [0.717, 1.165) is 6.26 Å². The summed E-state index contributed by atoms with van der Waals surface area (Å²) in [5.41, 5.74) is 1.22. The van der Waals surface area contributed by atoms with Crippen molar-refractivity contribution < 1.29 is 31.1 Å². The van der Waals surface area contributed by atoms with Crippen LogP contribution in [0, 0.1) is 6.92 Å². The van der Waals surface area contributed by atoms with Gasteiger partial charge in [-0.1, -0.05) is 6.07 Å². The molecule has 0 aliphatic rings. The van der Waals surface area contributed by atoms with Gasteiger partial charge in [0.25, 0.3) is 10.0 Å². The molecule has 0 atom stereocenters. The lowest BCUT2D eigenvalue weighted by Crippen LogP contribution is -2.20. The van der Waals surface area contributed by atoms with E-state index in [1.807, 2.05) is 0 Å². The molecular formula is C19H24N2O7S2. The summed E-state index contributed by atoms with van der Waals surface area (Å²) in [4.78, 5) is 11.9. The lowest BCUT2D eigenvalue weighted by atomic mass is 10.1. The SMILES string of the molecule is COCCOCC(=O)Nc1cccc(NS(=O)(=O)c2ccc(S(C)(=O)=O)cc2)c1C. The molecule has 30 heavy (non-hydrogen) atoms. The fraction of sp³-hybridized carbons (Fsp3) is 0.316. The van der Waals surface area contributed by atoms with Crippen LogP contribution in [0.15, 0.2) is 52.3 Å². The number of hydrogen-bond donors (Lipinski definition) is 2. The van der Waals surface area contributed by atoms with Gasteiger partial charge in [0.2, 0.25) is 5.91 Å². The van der Waals surface area contributed by atoms with Gasteiger partial charge in [0.05, 0.1) is 28.7 Å². The second-order valence-corrected chi connectivity index (χ2v) is 10.1. The van der Waals surface area contributed by atoms with Crippen molar-refractivity contribution in [1.82, 2.24) is 0 Å². The lowest BCUT2D eigenvalue weighted by Gasteiger charge is -2.15. The van der Waals surface area contributed by atoms with Crippen LogP contribution in [0.5, 0.6) is 0 Å². The van der Waals surface area contributed by atoms with Gasteiger partial charge in [-0.25, -0.2) is 16.8 Å². The van der Waals surface area contributed by atoms with Crippen LogP contribution in [0.4, 0.5) is 11.4 Å². The summed E-state index contributed by atoms with van der Waals surface area (Å²) in [5.74, 6) is -0.384. The van der Waals surface area contributed by atoms with Gasteiger partial charge >= 0.3 is 0 Å². The van der Waals surface area contributed by atoms with Gasteiger partial charge in [-0.05, 0) is 48.9 Å². The molecule has 2 aromatic carbocycles. The van der Waals surface area contributed by atoms with Crippen LogP contribution in [0.25, 0.3) is 0 Å². The van der Waals surface area contributed by atoms with E-state index in [1.165, 1.54) is 31.4 Å². The lowest BCUT2D eigenvalue weighted by molar-refractivity contribution is -0.121. The van der Waals surface area contributed by atoms with E-state index in [0.29, 0.717) is 17.9 Å². The second-order valence-electron chi connectivity index (χ2n) is 6.42. The minimum atomic E-state index is -3.96. The Morgan fingerprint density at radius 3 is 2.13 bits per heavy atom. The summed E-state index contributed by atoms with van der Waals surface area (Å²) < 4.78 is 60.9. The van der Waals surface area contributed by atoms with Gasteiger partial charge in [0, 0.05) is 19.1 Å². The Morgan fingerprint density at radius 2 is 1.53 bits per heavy atom. The molecule has 164 valence electrons. The highest BCUT2D eigenvalue weighted by molar-refractivity contribution is 7.92. The number of ether oxygens (including phenoxy) is 2. The zero-order chi connectivity index (χ0) is 22.4. The maximum Gasteiger partial charge on any atom is 0.261 e. The van der Waals surface area contributed by atoms with E-state index in [-0.39, 0.29) is 34.6 Å². The standard InChI is InChI=1S/C19H24N2O7S2/c1-14-17(20-19(22)13-28-12-11-27-2)5-4-6-18(14)21-30(25,26)16-9-7-15(8-10-16)29(3,23)24/h4-10,21H,11-13H2,1-3H3,(H,20,22). The number of anilines is 2. The molecule has 0 aromatic heterocycles. The van der Waals surface area contributed by atoms with Gasteiger partial charge in [-0.3, -0.25) is 9.52 Å². The Hall–Kier alpha value is -2.47. The number of sulfone groups is 1. The van der Waals surface area contributed by atoms with Crippen molar-refractivity contribution in [3.8, 4) is 0 Å². The quantitative estimate of drug-likeness (QED) is 0.522. The molecule has 11 heteroatoms. The summed E-state index contributed by atoms with van der Waals surface area (Å²) in [7, 11) is -5.86. The summed E-state index contributed by atoms with van der Waals surface area (Å²) in [5, 5.41) is 2.67. The highest BCUT2D eigenvalue weighted by Gasteiger charge is 2.18. The molecule has 2 N–H and O–H groups in total. The fourth-order valence-corrected chi connectivity index (χ4v) is 4.20. The van der Waals surface area contributed by atoms with Gasteiger partial charge in [0.15, 0.2) is 9.84 Å². The number of amides is 1. The first-order valence-electron chi connectivity index (χ1n) is 8.83. The van der Waals surface area contributed by atoms with Gasteiger partial charge in [0.1, 0.15) is 6.61 Å². The second kappa shape index (κ2) is 10.0. The Kier molecular flexibility index (Phi) is 7.96. The van der Waals surface area contributed by atoms with E-state index < -0.39 is 19.9 Å². The Bertz CT molecular complexity index is 1100. The minimum absolute atomic E-state index is 0.0232. The molecule has 9 nitrogen and oxygen atoms in total. The number of hydrogen-bond acceptors (Lipinski definition) is 7. The topological polar surface area (TPSA) is 128 Å². The maximum atomic E-state index is 12.7. The van der Waals surface area contributed by atoms with Crippen molar-refractivity contribution in [3.63, 3.8) is 0 Å². The maximum absolute atomic E-state index is 12.7. The van der Waals surface area contributed by atoms with Crippen LogP contribution < -0.4 is 10.0 Å². The molecular weight excluding hydrogens is 432 g/mol. The summed E-state index contributed by atoms with van der Waals surface area (Å²) in [6, 6.07) is 9.70. The van der Waals surface area contributed by atoms with E-state index >= 15 is 0 Å². The summed E-state index contributed by atoms with van der Waals surface area (Å²) in [6.07, 6.45) is 1.04. The highest BCUT2D eigenvalue weighted by Crippen LogP contribution is 2.26. The third-order valence-corrected chi connectivity index (χ3v) is 6.59. The normalized spacial score (nSPS) is 11.8. The number of nitrogens with one attached hydrogen (secondary N) is 2. The fourth-order valence-electron chi connectivity index (χ4n) is 2.44. The third kappa shape index (κ3) is 6.52. The van der Waals surface area contributed by atoms with Gasteiger partial charge < -0.3 is 14.8 Å². The van der Waals surface area contributed by atoms with Crippen molar-refractivity contribution in [2.45, 2.75) is 16.7 Å². The first-order valence-corrected chi connectivity index (χ1v) is 12.2. The monoisotopic (exact) mass is 456 g/mol. The molecule has 0 aliphatic heterocycles. The van der Waals surface area contributed by atoms with Crippen molar-refractivity contribution in [2.75, 3.05) is 43.2 Å². The summed E-state index contributed by atoms with van der Waals surface area (Å²) in [6.45, 7) is 2.15.